The summed E-state index contributed by atoms with van der Waals surface area (Å²) in [5, 5.41) is 8.78. The van der Waals surface area contributed by atoms with Crippen LogP contribution in [-0.4, -0.2) is 16.7 Å². The molecule has 0 aliphatic rings. The second-order valence-corrected chi connectivity index (χ2v) is 3.73. The largest absolute Gasteiger partial charge is 0.479 e. The molecule has 3 nitrogen and oxygen atoms in total. The van der Waals surface area contributed by atoms with Gasteiger partial charge in [-0.25, -0.2) is 9.18 Å². The zero-order valence-corrected chi connectivity index (χ0v) is 8.66. The van der Waals surface area contributed by atoms with Gasteiger partial charge in [-0.1, -0.05) is 12.1 Å². The predicted octanol–water partition coefficient (Wildman–Crippen LogP) is 2.21. The van der Waals surface area contributed by atoms with E-state index in [4.69, 9.17) is 9.84 Å². The lowest BCUT2D eigenvalue weighted by Gasteiger charge is -2.19. The Bertz CT molecular complexity index is 343. The molecule has 0 aliphatic carbocycles. The maximum absolute atomic E-state index is 12.6. The number of aliphatic carboxylic acids is 1. The fourth-order valence-electron chi connectivity index (χ4n) is 0.906. The lowest BCUT2D eigenvalue weighted by atomic mass is 10.1. The maximum atomic E-state index is 12.6. The van der Waals surface area contributed by atoms with Gasteiger partial charge in [0.2, 0.25) is 0 Å². The third-order valence-electron chi connectivity index (χ3n) is 2.03. The highest BCUT2D eigenvalue weighted by Gasteiger charge is 2.27. The molecule has 0 radical (unpaired) electrons. The van der Waals surface area contributed by atoms with E-state index in [1.807, 2.05) is 0 Å². The van der Waals surface area contributed by atoms with Crippen molar-refractivity contribution in [3.8, 4) is 0 Å². The molecule has 0 bridgehead atoms. The molecule has 0 saturated carbocycles. The third-order valence-corrected chi connectivity index (χ3v) is 2.03. The van der Waals surface area contributed by atoms with E-state index in [2.05, 4.69) is 0 Å². The monoisotopic (exact) mass is 212 g/mol. The summed E-state index contributed by atoms with van der Waals surface area (Å²) in [4.78, 5) is 10.7. The van der Waals surface area contributed by atoms with E-state index in [-0.39, 0.29) is 12.4 Å². The molecule has 0 amide bonds. The van der Waals surface area contributed by atoms with Gasteiger partial charge in [-0.15, -0.1) is 0 Å². The van der Waals surface area contributed by atoms with Crippen molar-refractivity contribution >= 4 is 5.97 Å². The lowest BCUT2D eigenvalue weighted by Crippen LogP contribution is -2.34. The van der Waals surface area contributed by atoms with Crippen LogP contribution in [0.3, 0.4) is 0 Å². The number of carbonyl (C=O) groups is 1. The average molecular weight is 212 g/mol. The molecule has 0 atom stereocenters. The molecule has 0 saturated heterocycles. The van der Waals surface area contributed by atoms with Crippen LogP contribution in [0.4, 0.5) is 4.39 Å². The molecule has 0 heterocycles. The summed E-state index contributed by atoms with van der Waals surface area (Å²) in [6.45, 7) is 3.09. The predicted molar refractivity (Wildman–Crippen MR) is 52.9 cm³/mol. The van der Waals surface area contributed by atoms with E-state index < -0.39 is 11.6 Å². The molecule has 0 unspecified atom stereocenters. The first-order valence-corrected chi connectivity index (χ1v) is 4.53. The van der Waals surface area contributed by atoms with Crippen LogP contribution in [0.5, 0.6) is 0 Å². The van der Waals surface area contributed by atoms with E-state index in [1.54, 1.807) is 12.1 Å². The van der Waals surface area contributed by atoms with Crippen molar-refractivity contribution < 1.29 is 19.0 Å². The number of ether oxygens (including phenoxy) is 1. The molecule has 1 N–H and O–H groups in total. The number of carboxylic acids is 1. The Balaban J connectivity index is 2.57. The first-order valence-electron chi connectivity index (χ1n) is 4.53. The Morgan fingerprint density at radius 2 is 1.93 bits per heavy atom. The Morgan fingerprint density at radius 1 is 1.40 bits per heavy atom. The van der Waals surface area contributed by atoms with Crippen molar-refractivity contribution in [2.24, 2.45) is 0 Å². The van der Waals surface area contributed by atoms with Crippen LogP contribution in [0, 0.1) is 5.82 Å². The summed E-state index contributed by atoms with van der Waals surface area (Å²) in [6, 6.07) is 5.75. The Labute approximate surface area is 87.5 Å². The summed E-state index contributed by atoms with van der Waals surface area (Å²) in [5.41, 5.74) is -0.486. The first kappa shape index (κ1) is 11.7. The second kappa shape index (κ2) is 4.40. The van der Waals surface area contributed by atoms with Gasteiger partial charge in [0.1, 0.15) is 5.82 Å². The summed E-state index contributed by atoms with van der Waals surface area (Å²) in [7, 11) is 0. The van der Waals surface area contributed by atoms with Crippen LogP contribution in [-0.2, 0) is 16.1 Å². The Hall–Kier alpha value is -1.42. The Kier molecular flexibility index (Phi) is 3.42. The minimum absolute atomic E-state index is 0.152. The van der Waals surface area contributed by atoms with Gasteiger partial charge in [0.25, 0.3) is 0 Å². The number of hydrogen-bond donors (Lipinski definition) is 1. The topological polar surface area (TPSA) is 46.5 Å². The van der Waals surface area contributed by atoms with Gasteiger partial charge in [-0.2, -0.15) is 0 Å². The van der Waals surface area contributed by atoms with Gasteiger partial charge in [-0.05, 0) is 31.5 Å². The molecular formula is C11H13FO3. The van der Waals surface area contributed by atoms with Gasteiger partial charge < -0.3 is 9.84 Å². The number of hydrogen-bond acceptors (Lipinski definition) is 2. The van der Waals surface area contributed by atoms with E-state index in [1.165, 1.54) is 26.0 Å². The van der Waals surface area contributed by atoms with Gasteiger partial charge in [-0.3, -0.25) is 0 Å². The van der Waals surface area contributed by atoms with E-state index in [0.29, 0.717) is 0 Å². The van der Waals surface area contributed by atoms with Crippen LogP contribution < -0.4 is 0 Å². The molecule has 1 aromatic carbocycles. The average Bonchev–Trinajstić information content (AvgIpc) is 2.17. The van der Waals surface area contributed by atoms with Crippen molar-refractivity contribution in [2.75, 3.05) is 0 Å². The fraction of sp³-hybridized carbons (Fsp3) is 0.364. The molecule has 0 aromatic heterocycles. The normalized spacial score (nSPS) is 11.4. The first-order chi connectivity index (χ1) is 6.92. The highest BCUT2D eigenvalue weighted by atomic mass is 19.1. The van der Waals surface area contributed by atoms with Gasteiger partial charge >= 0.3 is 5.97 Å². The zero-order valence-electron chi connectivity index (χ0n) is 8.66. The molecule has 1 aromatic rings. The summed E-state index contributed by atoms with van der Waals surface area (Å²) in [5.74, 6) is -1.35. The molecular weight excluding hydrogens is 199 g/mol. The third kappa shape index (κ3) is 3.32. The van der Waals surface area contributed by atoms with Crippen LogP contribution >= 0.6 is 0 Å². The van der Waals surface area contributed by atoms with Crippen molar-refractivity contribution in [2.45, 2.75) is 26.1 Å². The molecule has 0 spiro atoms. The van der Waals surface area contributed by atoms with Crippen molar-refractivity contribution in [3.05, 3.63) is 35.6 Å². The second-order valence-electron chi connectivity index (χ2n) is 3.73. The molecule has 0 fully saturated rings. The molecule has 4 heteroatoms. The fourth-order valence-corrected chi connectivity index (χ4v) is 0.906. The standard InChI is InChI=1S/C11H13FO3/c1-11(2,10(13)14)15-7-8-3-5-9(12)6-4-8/h3-6H,7H2,1-2H3,(H,13,14). The van der Waals surface area contributed by atoms with Crippen LogP contribution in [0.2, 0.25) is 0 Å². The minimum atomic E-state index is -1.23. The number of rotatable bonds is 4. The zero-order chi connectivity index (χ0) is 11.5. The van der Waals surface area contributed by atoms with Gasteiger partial charge in [0.05, 0.1) is 6.61 Å². The quantitative estimate of drug-likeness (QED) is 0.832. The molecule has 1 rings (SSSR count). The maximum Gasteiger partial charge on any atom is 0.335 e. The van der Waals surface area contributed by atoms with E-state index >= 15 is 0 Å². The molecule has 82 valence electrons. The van der Waals surface area contributed by atoms with Gasteiger partial charge in [0, 0.05) is 0 Å². The van der Waals surface area contributed by atoms with Crippen LogP contribution in [0.1, 0.15) is 19.4 Å². The van der Waals surface area contributed by atoms with Crippen molar-refractivity contribution in [3.63, 3.8) is 0 Å². The van der Waals surface area contributed by atoms with E-state index in [0.717, 1.165) is 5.56 Å². The van der Waals surface area contributed by atoms with Crippen LogP contribution in [0.25, 0.3) is 0 Å². The number of benzene rings is 1. The highest BCUT2D eigenvalue weighted by Crippen LogP contribution is 2.13. The van der Waals surface area contributed by atoms with Crippen LogP contribution in [0.15, 0.2) is 24.3 Å². The smallest absolute Gasteiger partial charge is 0.335 e. The minimum Gasteiger partial charge on any atom is -0.479 e. The van der Waals surface area contributed by atoms with E-state index in [9.17, 15) is 9.18 Å². The summed E-state index contributed by atoms with van der Waals surface area (Å²) < 4.78 is 17.7. The lowest BCUT2D eigenvalue weighted by molar-refractivity contribution is -0.162. The summed E-state index contributed by atoms with van der Waals surface area (Å²) >= 11 is 0. The molecule has 0 aliphatic heterocycles. The molecule has 15 heavy (non-hydrogen) atoms. The summed E-state index contributed by atoms with van der Waals surface area (Å²) in [6.07, 6.45) is 0. The van der Waals surface area contributed by atoms with Gasteiger partial charge in [0.15, 0.2) is 5.60 Å². The SMILES string of the molecule is CC(C)(OCc1ccc(F)cc1)C(=O)O. The Morgan fingerprint density at radius 3 is 2.40 bits per heavy atom. The van der Waals surface area contributed by atoms with Crippen molar-refractivity contribution in [1.82, 2.24) is 0 Å². The highest BCUT2D eigenvalue weighted by molar-refractivity contribution is 5.76. The number of carboxylic acid groups (broad SMARTS) is 1. The van der Waals surface area contributed by atoms with Crippen molar-refractivity contribution in [1.29, 1.82) is 0 Å². The number of halogens is 1.